The van der Waals surface area contributed by atoms with Gasteiger partial charge in [0.2, 0.25) is 0 Å². The number of ether oxygens (including phenoxy) is 1. The maximum atomic E-state index is 12.6. The van der Waals surface area contributed by atoms with E-state index in [9.17, 15) is 4.79 Å². The summed E-state index contributed by atoms with van der Waals surface area (Å²) in [4.78, 5) is 17.0. The van der Waals surface area contributed by atoms with Crippen LogP contribution in [0.15, 0.2) is 65.4 Å². The fourth-order valence-corrected chi connectivity index (χ4v) is 3.69. The summed E-state index contributed by atoms with van der Waals surface area (Å²) in [6, 6.07) is 14.1. The molecule has 2 aromatic heterocycles. The van der Waals surface area contributed by atoms with Crippen LogP contribution in [0.5, 0.6) is 5.75 Å². The van der Waals surface area contributed by atoms with Gasteiger partial charge < -0.3 is 10.1 Å². The largest absolute Gasteiger partial charge is 0.468 e. The van der Waals surface area contributed by atoms with Crippen LogP contribution in [-0.4, -0.2) is 20.7 Å². The quantitative estimate of drug-likeness (QED) is 0.383. The van der Waals surface area contributed by atoms with Crippen LogP contribution in [0.4, 0.5) is 5.69 Å². The first-order valence-electron chi connectivity index (χ1n) is 8.48. The number of halogens is 3. The average Bonchev–Trinajstić information content (AvgIpc) is 3.19. The summed E-state index contributed by atoms with van der Waals surface area (Å²) in [5.74, 6) is 0.0125. The minimum atomic E-state index is -0.353. The molecule has 1 amide bonds. The van der Waals surface area contributed by atoms with Gasteiger partial charge in [0.25, 0.3) is 5.91 Å². The van der Waals surface area contributed by atoms with Gasteiger partial charge in [-0.3, -0.25) is 9.78 Å². The number of hydrogen-bond donors (Lipinski definition) is 1. The molecule has 0 aliphatic heterocycles. The molecule has 0 aliphatic carbocycles. The van der Waals surface area contributed by atoms with E-state index in [1.165, 1.54) is 4.68 Å². The minimum absolute atomic E-state index is 0.0551. The van der Waals surface area contributed by atoms with Gasteiger partial charge in [0.05, 0.1) is 21.2 Å². The van der Waals surface area contributed by atoms with Crippen LogP contribution in [0, 0.1) is 0 Å². The standard InChI is InChI=1S/C20H13BrCl2N4O2/c21-13-6-7-16(18-12(13)3-2-9-24-18)25-20(28)17-8-10-27(26-17)11-29-19-14(22)4-1-5-15(19)23/h1-10H,11H2,(H,25,28). The number of amides is 1. The Morgan fingerprint density at radius 3 is 2.69 bits per heavy atom. The second kappa shape index (κ2) is 8.41. The second-order valence-electron chi connectivity index (χ2n) is 6.01. The van der Waals surface area contributed by atoms with Gasteiger partial charge in [0, 0.05) is 22.3 Å². The van der Waals surface area contributed by atoms with Crippen molar-refractivity contribution in [2.24, 2.45) is 0 Å². The smallest absolute Gasteiger partial charge is 0.276 e. The van der Waals surface area contributed by atoms with E-state index in [-0.39, 0.29) is 18.3 Å². The van der Waals surface area contributed by atoms with Gasteiger partial charge in [0.15, 0.2) is 18.2 Å². The highest BCUT2D eigenvalue weighted by atomic mass is 79.9. The van der Waals surface area contributed by atoms with Crippen LogP contribution in [-0.2, 0) is 6.73 Å². The molecule has 1 N–H and O–H groups in total. The highest BCUT2D eigenvalue weighted by molar-refractivity contribution is 9.10. The maximum Gasteiger partial charge on any atom is 0.276 e. The number of para-hydroxylation sites is 1. The molecule has 4 rings (SSSR count). The first-order valence-corrected chi connectivity index (χ1v) is 10.0. The van der Waals surface area contributed by atoms with Crippen molar-refractivity contribution < 1.29 is 9.53 Å². The Labute approximate surface area is 184 Å². The number of nitrogens with one attached hydrogen (secondary N) is 1. The van der Waals surface area contributed by atoms with E-state index in [0.717, 1.165) is 9.86 Å². The molecule has 0 aliphatic rings. The van der Waals surface area contributed by atoms with Crippen molar-refractivity contribution in [2.75, 3.05) is 5.32 Å². The number of hydrogen-bond acceptors (Lipinski definition) is 4. The van der Waals surface area contributed by atoms with Gasteiger partial charge in [-0.05, 0) is 36.4 Å². The van der Waals surface area contributed by atoms with Gasteiger partial charge in [-0.25, -0.2) is 4.68 Å². The van der Waals surface area contributed by atoms with Crippen molar-refractivity contribution in [1.82, 2.24) is 14.8 Å². The third-order valence-electron chi connectivity index (χ3n) is 4.10. The van der Waals surface area contributed by atoms with Crippen LogP contribution < -0.4 is 10.1 Å². The van der Waals surface area contributed by atoms with Gasteiger partial charge >= 0.3 is 0 Å². The number of nitrogens with zero attached hydrogens (tertiary/aromatic N) is 3. The zero-order valence-corrected chi connectivity index (χ0v) is 17.9. The zero-order chi connectivity index (χ0) is 20.4. The number of benzene rings is 2. The van der Waals surface area contributed by atoms with Crippen molar-refractivity contribution in [1.29, 1.82) is 0 Å². The zero-order valence-electron chi connectivity index (χ0n) is 14.8. The van der Waals surface area contributed by atoms with Gasteiger partial charge in [0.1, 0.15) is 0 Å². The number of carbonyl (C=O) groups excluding carboxylic acids is 1. The summed E-state index contributed by atoms with van der Waals surface area (Å²) in [6.45, 7) is 0.0551. The summed E-state index contributed by atoms with van der Waals surface area (Å²) < 4.78 is 8.01. The molecule has 2 aromatic carbocycles. The third kappa shape index (κ3) is 4.22. The molecule has 0 radical (unpaired) electrons. The Kier molecular flexibility index (Phi) is 5.71. The number of carbonyl (C=O) groups is 1. The first kappa shape index (κ1) is 19.7. The number of aromatic nitrogens is 3. The predicted octanol–water partition coefficient (Wildman–Crippen LogP) is 5.79. The minimum Gasteiger partial charge on any atom is -0.468 e. The normalized spacial score (nSPS) is 10.9. The predicted molar refractivity (Wildman–Crippen MR) is 117 cm³/mol. The highest BCUT2D eigenvalue weighted by Crippen LogP contribution is 2.32. The summed E-state index contributed by atoms with van der Waals surface area (Å²) in [5, 5.41) is 8.80. The van der Waals surface area contributed by atoms with Crippen LogP contribution in [0.3, 0.4) is 0 Å². The maximum absolute atomic E-state index is 12.6. The summed E-state index contributed by atoms with van der Waals surface area (Å²) in [6.07, 6.45) is 3.31. The Balaban J connectivity index is 1.49. The van der Waals surface area contributed by atoms with Crippen molar-refractivity contribution in [3.05, 3.63) is 81.1 Å². The molecule has 0 fully saturated rings. The lowest BCUT2D eigenvalue weighted by atomic mass is 10.2. The molecular formula is C20H13BrCl2N4O2. The first-order chi connectivity index (χ1) is 14.0. The number of fused-ring (bicyclic) bond motifs is 1. The molecule has 146 valence electrons. The van der Waals surface area contributed by atoms with Crippen LogP contribution in [0.2, 0.25) is 10.0 Å². The molecule has 2 heterocycles. The molecule has 0 saturated heterocycles. The highest BCUT2D eigenvalue weighted by Gasteiger charge is 2.14. The van der Waals surface area contributed by atoms with Crippen molar-refractivity contribution in [3.63, 3.8) is 0 Å². The molecule has 4 aromatic rings. The summed E-state index contributed by atoms with van der Waals surface area (Å²) >= 11 is 15.7. The van der Waals surface area contributed by atoms with E-state index >= 15 is 0 Å². The van der Waals surface area contributed by atoms with Crippen LogP contribution in [0.25, 0.3) is 10.9 Å². The van der Waals surface area contributed by atoms with E-state index in [0.29, 0.717) is 27.0 Å². The van der Waals surface area contributed by atoms with Gasteiger partial charge in [-0.1, -0.05) is 51.3 Å². The van der Waals surface area contributed by atoms with E-state index in [2.05, 4.69) is 31.3 Å². The molecule has 0 atom stereocenters. The average molecular weight is 492 g/mol. The van der Waals surface area contributed by atoms with E-state index in [1.54, 1.807) is 42.7 Å². The molecule has 0 spiro atoms. The van der Waals surface area contributed by atoms with Gasteiger partial charge in [-0.15, -0.1) is 0 Å². The molecular weight excluding hydrogens is 479 g/mol. The van der Waals surface area contributed by atoms with Crippen molar-refractivity contribution >= 4 is 61.6 Å². The lowest BCUT2D eigenvalue weighted by Crippen LogP contribution is -2.14. The Morgan fingerprint density at radius 2 is 1.90 bits per heavy atom. The molecule has 0 unspecified atom stereocenters. The molecule has 0 saturated carbocycles. The molecule has 6 nitrogen and oxygen atoms in total. The monoisotopic (exact) mass is 490 g/mol. The molecule has 0 bridgehead atoms. The lowest BCUT2D eigenvalue weighted by Gasteiger charge is -2.10. The lowest BCUT2D eigenvalue weighted by molar-refractivity contribution is 0.102. The van der Waals surface area contributed by atoms with Crippen LogP contribution >= 0.6 is 39.1 Å². The number of anilines is 1. The summed E-state index contributed by atoms with van der Waals surface area (Å²) in [7, 11) is 0. The second-order valence-corrected chi connectivity index (χ2v) is 7.68. The topological polar surface area (TPSA) is 69.0 Å². The van der Waals surface area contributed by atoms with Crippen molar-refractivity contribution in [2.45, 2.75) is 6.73 Å². The number of pyridine rings is 1. The fraction of sp³-hybridized carbons (Fsp3) is 0.0500. The third-order valence-corrected chi connectivity index (χ3v) is 5.38. The number of rotatable bonds is 5. The molecule has 9 heteroatoms. The Hall–Kier alpha value is -2.61. The van der Waals surface area contributed by atoms with Crippen LogP contribution in [0.1, 0.15) is 10.5 Å². The van der Waals surface area contributed by atoms with E-state index in [1.807, 2.05) is 18.2 Å². The van der Waals surface area contributed by atoms with E-state index < -0.39 is 0 Å². The van der Waals surface area contributed by atoms with E-state index in [4.69, 9.17) is 27.9 Å². The SMILES string of the molecule is O=C(Nc1ccc(Br)c2cccnc12)c1ccn(COc2c(Cl)cccc2Cl)n1. The van der Waals surface area contributed by atoms with Gasteiger partial charge in [-0.2, -0.15) is 5.10 Å². The fourth-order valence-electron chi connectivity index (χ4n) is 2.73. The Bertz CT molecular complexity index is 1190. The Morgan fingerprint density at radius 1 is 1.10 bits per heavy atom. The summed E-state index contributed by atoms with van der Waals surface area (Å²) in [5.41, 5.74) is 1.53. The van der Waals surface area contributed by atoms with Crippen molar-refractivity contribution in [3.8, 4) is 5.75 Å². The molecule has 29 heavy (non-hydrogen) atoms.